The first-order valence-corrected chi connectivity index (χ1v) is 17.0. The first kappa shape index (κ1) is 35.7. The van der Waals surface area contributed by atoms with Crippen LogP contribution in [-0.4, -0.2) is 18.5 Å². The Balaban J connectivity index is 0.000000280. The fourth-order valence-electron chi connectivity index (χ4n) is 6.35. The van der Waals surface area contributed by atoms with E-state index in [4.69, 9.17) is 12.3 Å². The van der Waals surface area contributed by atoms with E-state index in [1.165, 1.54) is 11.1 Å². The Morgan fingerprint density at radius 3 is 2.55 bits per heavy atom. The van der Waals surface area contributed by atoms with E-state index in [1.807, 2.05) is 46.0 Å². The summed E-state index contributed by atoms with van der Waals surface area (Å²) in [5.41, 5.74) is 9.45. The van der Waals surface area contributed by atoms with E-state index >= 15 is 0 Å². The monoisotopic (exact) mass is 624 g/mol. The van der Waals surface area contributed by atoms with Gasteiger partial charge in [0.15, 0.2) is 17.8 Å². The molecule has 0 saturated carbocycles. The van der Waals surface area contributed by atoms with Crippen molar-refractivity contribution in [1.82, 2.24) is 4.98 Å². The lowest BCUT2D eigenvalue weighted by Crippen LogP contribution is -2.45. The number of hydrogen-bond acceptors (Lipinski definition) is 3. The molecular formula is C42H51BN3O+. The molecule has 0 bridgehead atoms. The van der Waals surface area contributed by atoms with Gasteiger partial charge in [-0.25, -0.2) is 4.98 Å². The summed E-state index contributed by atoms with van der Waals surface area (Å²) in [6, 6.07) is 13.3. The molecule has 5 heteroatoms. The van der Waals surface area contributed by atoms with Crippen LogP contribution >= 0.6 is 0 Å². The smallest absolute Gasteiger partial charge is 0.227 e. The molecule has 3 atom stereocenters. The summed E-state index contributed by atoms with van der Waals surface area (Å²) in [5, 5.41) is 1.73. The van der Waals surface area contributed by atoms with Crippen LogP contribution < -0.4 is 4.57 Å². The first-order valence-electron chi connectivity index (χ1n) is 17.0. The van der Waals surface area contributed by atoms with Crippen molar-refractivity contribution in [1.29, 1.82) is 0 Å². The first-order chi connectivity index (χ1) is 22.4. The molecule has 242 valence electrons. The van der Waals surface area contributed by atoms with Crippen LogP contribution in [0.1, 0.15) is 97.5 Å². The van der Waals surface area contributed by atoms with Crippen LogP contribution in [0.25, 0.3) is 33.3 Å². The molecule has 2 radical (unpaired) electrons. The molecule has 0 aliphatic heterocycles. The Bertz CT molecular complexity index is 1910. The Kier molecular flexibility index (Phi) is 11.9. The number of benzene rings is 1. The van der Waals surface area contributed by atoms with Crippen molar-refractivity contribution in [3.05, 3.63) is 95.5 Å². The Hall–Kier alpha value is -4.17. The van der Waals surface area contributed by atoms with Crippen molar-refractivity contribution in [2.75, 3.05) is 0 Å². The van der Waals surface area contributed by atoms with Crippen LogP contribution in [-0.2, 0) is 5.31 Å². The predicted octanol–water partition coefficient (Wildman–Crippen LogP) is 10.5. The minimum Gasteiger partial charge on any atom is -0.437 e. The summed E-state index contributed by atoms with van der Waals surface area (Å²) < 4.78 is 8.87. The fourth-order valence-corrected chi connectivity index (χ4v) is 6.35. The second kappa shape index (κ2) is 15.6. The lowest BCUT2D eigenvalue weighted by molar-refractivity contribution is -0.720. The summed E-state index contributed by atoms with van der Waals surface area (Å²) in [4.78, 5) is 9.02. The summed E-state index contributed by atoms with van der Waals surface area (Å²) in [7, 11) is 6.53. The van der Waals surface area contributed by atoms with Crippen molar-refractivity contribution in [2.45, 2.75) is 99.9 Å². The van der Waals surface area contributed by atoms with Crippen LogP contribution in [0.4, 0.5) is 0 Å². The molecule has 0 saturated heterocycles. The van der Waals surface area contributed by atoms with Gasteiger partial charge in [-0.1, -0.05) is 77.0 Å². The van der Waals surface area contributed by atoms with Gasteiger partial charge in [0.05, 0.1) is 19.3 Å². The molecule has 0 amide bonds. The van der Waals surface area contributed by atoms with Crippen LogP contribution in [0, 0.1) is 37.5 Å². The molecule has 3 unspecified atom stereocenters. The second-order valence-corrected chi connectivity index (χ2v) is 13.3. The Morgan fingerprint density at radius 1 is 1.15 bits per heavy atom. The van der Waals surface area contributed by atoms with Gasteiger partial charge in [-0.2, -0.15) is 4.57 Å². The van der Waals surface area contributed by atoms with E-state index < -0.39 is 5.31 Å². The van der Waals surface area contributed by atoms with Gasteiger partial charge in [-0.3, -0.25) is 4.99 Å². The molecule has 1 aliphatic carbocycles. The summed E-state index contributed by atoms with van der Waals surface area (Å²) in [5.74, 6) is 7.07. The van der Waals surface area contributed by atoms with Crippen LogP contribution in [0.15, 0.2) is 88.1 Å². The third-order valence-electron chi connectivity index (χ3n) is 9.23. The number of furan rings is 1. The molecule has 0 fully saturated rings. The highest BCUT2D eigenvalue weighted by molar-refractivity contribution is 6.15. The average Bonchev–Trinajstić information content (AvgIpc) is 3.41. The van der Waals surface area contributed by atoms with Crippen molar-refractivity contribution >= 4 is 35.6 Å². The minimum atomic E-state index is -0.430. The van der Waals surface area contributed by atoms with E-state index in [0.29, 0.717) is 23.6 Å². The van der Waals surface area contributed by atoms with E-state index in [0.717, 1.165) is 63.8 Å². The van der Waals surface area contributed by atoms with E-state index in [9.17, 15) is 0 Å². The second-order valence-electron chi connectivity index (χ2n) is 13.3. The van der Waals surface area contributed by atoms with Gasteiger partial charge >= 0.3 is 0 Å². The maximum Gasteiger partial charge on any atom is 0.227 e. The quantitative estimate of drug-likeness (QED) is 0.0847. The zero-order valence-electron chi connectivity index (χ0n) is 30.1. The number of fused-ring (bicyclic) bond motifs is 3. The number of rotatable bonds is 8. The van der Waals surface area contributed by atoms with Gasteiger partial charge in [0.1, 0.15) is 0 Å². The van der Waals surface area contributed by atoms with Crippen molar-refractivity contribution < 1.29 is 8.98 Å². The zero-order chi connectivity index (χ0) is 34.3. The standard InChI is InChI=1S/C28H34BN2O.C14H17N/c1-8-17(3)23(9-2)31-15-14-20(28(6,7)29)16-24(31)25-18(4)10-12-21-22-13-11-19(5)30-27(22)32-26(21)25;1-4-8-13-9-6-7-10-14(13)12(3)15-11-5-2/h10-17,23H,8-9H2,1-7H3;5-7,10-11,13H,9H2,1-3H3/q+1;/b;11-5-,15-12?. The third-order valence-corrected chi connectivity index (χ3v) is 9.23. The fraction of sp³-hybridized carbons (Fsp3) is 0.405. The zero-order valence-corrected chi connectivity index (χ0v) is 30.1. The largest absolute Gasteiger partial charge is 0.437 e. The summed E-state index contributed by atoms with van der Waals surface area (Å²) in [6.45, 7) is 21.0. The maximum absolute atomic E-state index is 6.53. The number of pyridine rings is 2. The van der Waals surface area contributed by atoms with Gasteiger partial charge in [0, 0.05) is 52.8 Å². The highest BCUT2D eigenvalue weighted by Crippen LogP contribution is 2.38. The summed E-state index contributed by atoms with van der Waals surface area (Å²) in [6.07, 6.45) is 15.5. The average molecular weight is 625 g/mol. The SMILES string of the molecule is CC#CC1CC=CC=C1C(C)=N/C=C\C.[B]C(C)(C)c1cc[n+](C(CC)C(C)CC)c(-c2c(C)ccc3c2oc2nc(C)ccc23)c1. The van der Waals surface area contributed by atoms with Crippen molar-refractivity contribution in [2.24, 2.45) is 16.8 Å². The number of aromatic nitrogens is 2. The number of aryl methyl sites for hydroxylation is 2. The highest BCUT2D eigenvalue weighted by Gasteiger charge is 2.31. The topological polar surface area (TPSA) is 42.3 Å². The molecule has 4 aromatic rings. The molecule has 5 rings (SSSR count). The molecule has 1 aliphatic rings. The van der Waals surface area contributed by atoms with Gasteiger partial charge in [-0.05, 0) is 81.6 Å². The molecular weight excluding hydrogens is 573 g/mol. The predicted molar refractivity (Wildman–Crippen MR) is 201 cm³/mol. The van der Waals surface area contributed by atoms with Gasteiger partial charge < -0.3 is 4.42 Å². The molecule has 0 N–H and O–H groups in total. The van der Waals surface area contributed by atoms with E-state index in [1.54, 1.807) is 0 Å². The van der Waals surface area contributed by atoms with Crippen LogP contribution in [0.3, 0.4) is 0 Å². The van der Waals surface area contributed by atoms with Gasteiger partial charge in [-0.15, -0.1) is 5.92 Å². The number of aliphatic imine (C=N–C) groups is 1. The highest BCUT2D eigenvalue weighted by atomic mass is 16.3. The number of hydrogen-bond donors (Lipinski definition) is 0. The Labute approximate surface area is 284 Å². The molecule has 47 heavy (non-hydrogen) atoms. The van der Waals surface area contributed by atoms with Gasteiger partial charge in [0.2, 0.25) is 11.4 Å². The molecule has 3 aromatic heterocycles. The van der Waals surface area contributed by atoms with Crippen molar-refractivity contribution in [3.63, 3.8) is 0 Å². The van der Waals surface area contributed by atoms with Crippen LogP contribution in [0.5, 0.6) is 0 Å². The molecule has 4 nitrogen and oxygen atoms in total. The van der Waals surface area contributed by atoms with E-state index in [-0.39, 0.29) is 0 Å². The lowest BCUT2D eigenvalue weighted by atomic mass is 9.67. The third kappa shape index (κ3) is 8.05. The summed E-state index contributed by atoms with van der Waals surface area (Å²) >= 11 is 0. The van der Waals surface area contributed by atoms with Crippen molar-refractivity contribution in [3.8, 4) is 23.1 Å². The normalized spacial score (nSPS) is 16.4. The lowest BCUT2D eigenvalue weighted by Gasteiger charge is -2.23. The maximum atomic E-state index is 6.53. The number of nitrogens with zero attached hydrogens (tertiary/aromatic N) is 3. The number of allylic oxidation sites excluding steroid dienone is 5. The van der Waals surface area contributed by atoms with Gasteiger partial charge in [0.25, 0.3) is 0 Å². The van der Waals surface area contributed by atoms with E-state index in [2.05, 4.69) is 123 Å². The molecule has 0 spiro atoms. The Morgan fingerprint density at radius 2 is 1.89 bits per heavy atom. The van der Waals surface area contributed by atoms with Crippen LogP contribution in [0.2, 0.25) is 0 Å². The molecule has 1 aromatic carbocycles. The minimum absolute atomic E-state index is 0.314. The molecule has 3 heterocycles.